The van der Waals surface area contributed by atoms with E-state index in [9.17, 15) is 4.79 Å². The maximum atomic E-state index is 12.5. The number of rotatable bonds is 4. The Balaban J connectivity index is 1.64. The fourth-order valence-electron chi connectivity index (χ4n) is 2.89. The molecule has 1 aliphatic heterocycles. The maximum Gasteiger partial charge on any atom is 0.318 e. The first-order valence-corrected chi connectivity index (χ1v) is 8.62. The Morgan fingerprint density at radius 3 is 3.09 bits per heavy atom. The van der Waals surface area contributed by atoms with Crippen molar-refractivity contribution in [2.75, 3.05) is 6.54 Å². The molecule has 3 heterocycles. The Morgan fingerprint density at radius 2 is 2.39 bits per heavy atom. The molecule has 23 heavy (non-hydrogen) atoms. The minimum atomic E-state index is -0.0729. The Hall–Kier alpha value is -1.96. The van der Waals surface area contributed by atoms with Gasteiger partial charge in [0, 0.05) is 12.6 Å². The van der Waals surface area contributed by atoms with Crippen LogP contribution >= 0.6 is 11.5 Å². The molecule has 124 valence electrons. The summed E-state index contributed by atoms with van der Waals surface area (Å²) in [5.41, 5.74) is 1.79. The normalized spacial score (nSPS) is 17.9. The molecule has 0 aromatic carbocycles. The van der Waals surface area contributed by atoms with Crippen molar-refractivity contribution >= 4 is 17.6 Å². The first kappa shape index (κ1) is 15.9. The van der Waals surface area contributed by atoms with Gasteiger partial charge in [-0.1, -0.05) is 23.5 Å². The summed E-state index contributed by atoms with van der Waals surface area (Å²) >= 11 is 1.34. The molecule has 2 amide bonds. The summed E-state index contributed by atoms with van der Waals surface area (Å²) in [6.45, 7) is 7.21. The summed E-state index contributed by atoms with van der Waals surface area (Å²) in [6.07, 6.45) is 1.89. The molecular weight excluding hydrogens is 314 g/mol. The van der Waals surface area contributed by atoms with Crippen LogP contribution in [0.2, 0.25) is 0 Å². The number of carbonyl (C=O) groups is 1. The standard InChI is InChI=1S/C15H21N5O2S/c1-9(2)14-13(23-19-17-14)8-16-15(21)20-6-4-5-12(20)11-7-10(3)22-18-11/h7,9,12H,4-6,8H2,1-3H3,(H,16,21)/t12-/m0/s1. The van der Waals surface area contributed by atoms with Gasteiger partial charge in [-0.25, -0.2) is 4.79 Å². The minimum Gasteiger partial charge on any atom is -0.361 e. The quantitative estimate of drug-likeness (QED) is 0.928. The van der Waals surface area contributed by atoms with E-state index in [4.69, 9.17) is 4.52 Å². The van der Waals surface area contributed by atoms with Crippen molar-refractivity contribution in [1.29, 1.82) is 0 Å². The van der Waals surface area contributed by atoms with Gasteiger partial charge >= 0.3 is 6.03 Å². The van der Waals surface area contributed by atoms with Crippen LogP contribution in [0.5, 0.6) is 0 Å². The summed E-state index contributed by atoms with van der Waals surface area (Å²) in [5, 5.41) is 11.2. The van der Waals surface area contributed by atoms with E-state index >= 15 is 0 Å². The molecule has 1 saturated heterocycles. The largest absolute Gasteiger partial charge is 0.361 e. The molecule has 0 saturated carbocycles. The third kappa shape index (κ3) is 3.36. The number of nitrogens with one attached hydrogen (secondary N) is 1. The van der Waals surface area contributed by atoms with E-state index in [1.165, 1.54) is 11.5 Å². The molecule has 0 aliphatic carbocycles. The summed E-state index contributed by atoms with van der Waals surface area (Å²) in [5.74, 6) is 1.07. The van der Waals surface area contributed by atoms with Crippen LogP contribution in [-0.4, -0.2) is 32.2 Å². The van der Waals surface area contributed by atoms with Gasteiger partial charge in [0.2, 0.25) is 0 Å². The van der Waals surface area contributed by atoms with Crippen LogP contribution in [0.15, 0.2) is 10.6 Å². The molecule has 0 bridgehead atoms. The highest BCUT2D eigenvalue weighted by atomic mass is 32.1. The van der Waals surface area contributed by atoms with Gasteiger partial charge in [-0.2, -0.15) is 0 Å². The highest BCUT2D eigenvalue weighted by Crippen LogP contribution is 2.31. The zero-order valence-electron chi connectivity index (χ0n) is 13.6. The molecule has 1 atom stereocenters. The molecular formula is C15H21N5O2S. The number of carbonyl (C=O) groups excluding carboxylic acids is 1. The van der Waals surface area contributed by atoms with E-state index in [-0.39, 0.29) is 12.1 Å². The van der Waals surface area contributed by atoms with E-state index in [1.54, 1.807) is 0 Å². The Kier molecular flexibility index (Phi) is 4.61. The van der Waals surface area contributed by atoms with E-state index in [2.05, 4.69) is 33.9 Å². The fraction of sp³-hybridized carbons (Fsp3) is 0.600. The summed E-state index contributed by atoms with van der Waals surface area (Å²) in [6, 6.07) is 1.83. The Labute approximate surface area is 139 Å². The van der Waals surface area contributed by atoms with Crippen LogP contribution in [0, 0.1) is 6.92 Å². The maximum absolute atomic E-state index is 12.5. The molecule has 2 aromatic heterocycles. The fourth-order valence-corrected chi connectivity index (χ4v) is 3.63. The van der Waals surface area contributed by atoms with Crippen LogP contribution in [-0.2, 0) is 6.54 Å². The predicted octanol–water partition coefficient (Wildman–Crippen LogP) is 3.00. The number of likely N-dealkylation sites (tertiary alicyclic amines) is 1. The van der Waals surface area contributed by atoms with Gasteiger partial charge in [-0.3, -0.25) is 0 Å². The highest BCUT2D eigenvalue weighted by molar-refractivity contribution is 7.05. The number of amides is 2. The van der Waals surface area contributed by atoms with Crippen molar-refractivity contribution in [1.82, 2.24) is 25.0 Å². The monoisotopic (exact) mass is 335 g/mol. The molecule has 0 spiro atoms. The molecule has 0 radical (unpaired) electrons. The van der Waals surface area contributed by atoms with Crippen LogP contribution in [0.3, 0.4) is 0 Å². The molecule has 0 unspecified atom stereocenters. The predicted molar refractivity (Wildman–Crippen MR) is 86.2 cm³/mol. The second kappa shape index (κ2) is 6.66. The summed E-state index contributed by atoms with van der Waals surface area (Å²) < 4.78 is 9.13. The third-order valence-corrected chi connectivity index (χ3v) is 4.77. The van der Waals surface area contributed by atoms with Crippen molar-refractivity contribution in [3.63, 3.8) is 0 Å². The average molecular weight is 335 g/mol. The molecule has 1 N–H and O–H groups in total. The van der Waals surface area contributed by atoms with Crippen LogP contribution in [0.1, 0.15) is 60.7 Å². The molecule has 1 fully saturated rings. The second-order valence-electron chi connectivity index (χ2n) is 6.11. The van der Waals surface area contributed by atoms with Crippen LogP contribution in [0.25, 0.3) is 0 Å². The van der Waals surface area contributed by atoms with E-state index in [0.717, 1.165) is 41.4 Å². The van der Waals surface area contributed by atoms with Gasteiger partial charge in [-0.15, -0.1) is 5.10 Å². The van der Waals surface area contributed by atoms with E-state index in [0.29, 0.717) is 12.5 Å². The number of hydrogen-bond donors (Lipinski definition) is 1. The van der Waals surface area contributed by atoms with Crippen LogP contribution < -0.4 is 5.32 Å². The third-order valence-electron chi connectivity index (χ3n) is 4.03. The highest BCUT2D eigenvalue weighted by Gasteiger charge is 2.32. The zero-order valence-corrected chi connectivity index (χ0v) is 14.4. The average Bonchev–Trinajstić information content (AvgIpc) is 3.23. The lowest BCUT2D eigenvalue weighted by atomic mass is 10.1. The van der Waals surface area contributed by atoms with Gasteiger partial charge < -0.3 is 14.7 Å². The van der Waals surface area contributed by atoms with Crippen LogP contribution in [0.4, 0.5) is 4.79 Å². The minimum absolute atomic E-state index is 0.00314. The molecule has 3 rings (SSSR count). The second-order valence-corrected chi connectivity index (χ2v) is 6.95. The van der Waals surface area contributed by atoms with Crippen molar-refractivity contribution in [3.05, 3.63) is 28.1 Å². The Bertz CT molecular complexity index is 681. The van der Waals surface area contributed by atoms with E-state index < -0.39 is 0 Å². The van der Waals surface area contributed by atoms with Gasteiger partial charge in [0.15, 0.2) is 0 Å². The van der Waals surface area contributed by atoms with E-state index in [1.807, 2.05) is 17.9 Å². The summed E-state index contributed by atoms with van der Waals surface area (Å²) in [7, 11) is 0. The SMILES string of the molecule is Cc1cc([C@@H]2CCCN2C(=O)NCc2snnc2C(C)C)no1. The number of aryl methyl sites for hydroxylation is 1. The van der Waals surface area contributed by atoms with Crippen molar-refractivity contribution < 1.29 is 9.32 Å². The van der Waals surface area contributed by atoms with Crippen molar-refractivity contribution in [2.24, 2.45) is 0 Å². The summed E-state index contributed by atoms with van der Waals surface area (Å²) in [4.78, 5) is 15.4. The van der Waals surface area contributed by atoms with Crippen molar-refractivity contribution in [2.45, 2.75) is 52.1 Å². The van der Waals surface area contributed by atoms with Crippen molar-refractivity contribution in [3.8, 4) is 0 Å². The topological polar surface area (TPSA) is 84.2 Å². The number of aromatic nitrogens is 3. The number of hydrogen-bond acceptors (Lipinski definition) is 6. The first-order chi connectivity index (χ1) is 11.1. The molecule has 1 aliphatic rings. The smallest absolute Gasteiger partial charge is 0.318 e. The zero-order chi connectivity index (χ0) is 16.4. The van der Waals surface area contributed by atoms with Gasteiger partial charge in [-0.05, 0) is 37.2 Å². The lowest BCUT2D eigenvalue weighted by molar-refractivity contribution is 0.190. The van der Waals surface area contributed by atoms with Gasteiger partial charge in [0.25, 0.3) is 0 Å². The first-order valence-electron chi connectivity index (χ1n) is 7.85. The lowest BCUT2D eigenvalue weighted by Crippen LogP contribution is -2.39. The molecule has 2 aromatic rings. The van der Waals surface area contributed by atoms with Gasteiger partial charge in [0.05, 0.1) is 23.2 Å². The van der Waals surface area contributed by atoms with Gasteiger partial charge in [0.1, 0.15) is 11.5 Å². The lowest BCUT2D eigenvalue weighted by Gasteiger charge is -2.23. The number of urea groups is 1. The molecule has 8 heteroatoms. The molecule has 7 nitrogen and oxygen atoms in total. The number of nitrogens with zero attached hydrogens (tertiary/aromatic N) is 4. The Morgan fingerprint density at radius 1 is 1.57 bits per heavy atom.